The van der Waals surface area contributed by atoms with Gasteiger partial charge in [0.1, 0.15) is 0 Å². The lowest BCUT2D eigenvalue weighted by molar-refractivity contribution is 0.150. The molecule has 2 N–H and O–H groups in total. The summed E-state index contributed by atoms with van der Waals surface area (Å²) in [5.41, 5.74) is 2.58. The van der Waals surface area contributed by atoms with Crippen molar-refractivity contribution in [2.45, 2.75) is 57.2 Å². The van der Waals surface area contributed by atoms with Gasteiger partial charge in [-0.15, -0.1) is 24.0 Å². The highest BCUT2D eigenvalue weighted by Gasteiger charge is 2.27. The van der Waals surface area contributed by atoms with Crippen molar-refractivity contribution >= 4 is 35.6 Å². The lowest BCUT2D eigenvalue weighted by Crippen LogP contribution is -2.50. The zero-order valence-electron chi connectivity index (χ0n) is 17.6. The number of piperidine rings is 1. The molecule has 1 aromatic carbocycles. The van der Waals surface area contributed by atoms with Gasteiger partial charge in [-0.25, -0.2) is 0 Å². The summed E-state index contributed by atoms with van der Waals surface area (Å²) in [6.45, 7) is 5.30. The van der Waals surface area contributed by atoms with E-state index >= 15 is 0 Å². The third-order valence-electron chi connectivity index (χ3n) is 6.51. The molecule has 0 spiro atoms. The summed E-state index contributed by atoms with van der Waals surface area (Å²) in [4.78, 5) is 9.53. The molecule has 6 heteroatoms. The van der Waals surface area contributed by atoms with Crippen LogP contribution in [0.5, 0.6) is 0 Å². The molecule has 1 aromatic rings. The summed E-state index contributed by atoms with van der Waals surface area (Å²) < 4.78 is 0. The van der Waals surface area contributed by atoms with Crippen LogP contribution in [0.3, 0.4) is 0 Å². The van der Waals surface area contributed by atoms with Crippen molar-refractivity contribution in [3.63, 3.8) is 0 Å². The first kappa shape index (κ1) is 22.4. The fraction of sp³-hybridized carbons (Fsp3) is 0.609. The van der Waals surface area contributed by atoms with Crippen LogP contribution in [-0.4, -0.2) is 56.2 Å². The number of rotatable bonds is 5. The lowest BCUT2D eigenvalue weighted by Gasteiger charge is -2.36. The Bertz CT molecular complexity index is 665. The van der Waals surface area contributed by atoms with Crippen LogP contribution >= 0.6 is 24.0 Å². The van der Waals surface area contributed by atoms with E-state index in [4.69, 9.17) is 0 Å². The number of guanidine groups is 1. The molecule has 160 valence electrons. The minimum atomic E-state index is 0. The summed E-state index contributed by atoms with van der Waals surface area (Å²) >= 11 is 0. The van der Waals surface area contributed by atoms with Crippen molar-refractivity contribution < 1.29 is 0 Å². The highest BCUT2D eigenvalue weighted by molar-refractivity contribution is 14.0. The van der Waals surface area contributed by atoms with Gasteiger partial charge < -0.3 is 20.4 Å². The Morgan fingerprint density at radius 3 is 2.28 bits per heavy atom. The van der Waals surface area contributed by atoms with Gasteiger partial charge >= 0.3 is 0 Å². The molecule has 0 atom stereocenters. The molecule has 1 saturated carbocycles. The predicted octanol–water partition coefficient (Wildman–Crippen LogP) is 3.75. The SMILES string of the molecule is CN=C(NCc1ccc(N2CC=CC2)cc1)NC1CCN(C2CCCC2)CC1.I. The van der Waals surface area contributed by atoms with Gasteiger partial charge in [-0.2, -0.15) is 0 Å². The molecule has 29 heavy (non-hydrogen) atoms. The monoisotopic (exact) mass is 509 g/mol. The Morgan fingerprint density at radius 2 is 1.66 bits per heavy atom. The summed E-state index contributed by atoms with van der Waals surface area (Å²) in [6, 6.07) is 10.3. The maximum absolute atomic E-state index is 4.44. The number of nitrogens with one attached hydrogen (secondary N) is 2. The van der Waals surface area contributed by atoms with Crippen molar-refractivity contribution in [3.8, 4) is 0 Å². The Morgan fingerprint density at radius 1 is 1.00 bits per heavy atom. The van der Waals surface area contributed by atoms with Crippen LogP contribution in [0.15, 0.2) is 41.4 Å². The predicted molar refractivity (Wildman–Crippen MR) is 133 cm³/mol. The second-order valence-electron chi connectivity index (χ2n) is 8.36. The average Bonchev–Trinajstić information content (AvgIpc) is 3.46. The summed E-state index contributed by atoms with van der Waals surface area (Å²) in [5, 5.41) is 7.13. The topological polar surface area (TPSA) is 42.9 Å². The fourth-order valence-corrected chi connectivity index (χ4v) is 4.77. The van der Waals surface area contributed by atoms with E-state index < -0.39 is 0 Å². The van der Waals surface area contributed by atoms with Crippen molar-refractivity contribution in [1.29, 1.82) is 0 Å². The van der Waals surface area contributed by atoms with Crippen LogP contribution < -0.4 is 15.5 Å². The third kappa shape index (κ3) is 6.10. The molecule has 0 radical (unpaired) electrons. The van der Waals surface area contributed by atoms with Crippen molar-refractivity contribution in [3.05, 3.63) is 42.0 Å². The Labute approximate surface area is 193 Å². The molecule has 0 amide bonds. The molecule has 0 unspecified atom stereocenters. The van der Waals surface area contributed by atoms with Crippen LogP contribution in [0.4, 0.5) is 5.69 Å². The van der Waals surface area contributed by atoms with Gasteiger partial charge in [-0.1, -0.05) is 37.1 Å². The molecule has 5 nitrogen and oxygen atoms in total. The summed E-state index contributed by atoms with van der Waals surface area (Å²) in [5.74, 6) is 0.923. The van der Waals surface area contributed by atoms with Crippen LogP contribution in [-0.2, 0) is 6.54 Å². The maximum Gasteiger partial charge on any atom is 0.191 e. The smallest absolute Gasteiger partial charge is 0.191 e. The van der Waals surface area contributed by atoms with E-state index in [2.05, 4.69) is 61.8 Å². The lowest BCUT2D eigenvalue weighted by atomic mass is 10.0. The van der Waals surface area contributed by atoms with Gasteiger partial charge in [0.15, 0.2) is 5.96 Å². The fourth-order valence-electron chi connectivity index (χ4n) is 4.77. The Kier molecular flexibility index (Phi) is 8.66. The Hall–Kier alpha value is -1.28. The number of aliphatic imine (C=N–C) groups is 1. The van der Waals surface area contributed by atoms with Gasteiger partial charge in [0.25, 0.3) is 0 Å². The second kappa shape index (κ2) is 11.2. The first-order chi connectivity index (χ1) is 13.8. The number of hydrogen-bond donors (Lipinski definition) is 2. The van der Waals surface area contributed by atoms with Crippen LogP contribution in [0, 0.1) is 0 Å². The number of nitrogens with zero attached hydrogens (tertiary/aromatic N) is 3. The Balaban J connectivity index is 0.00000240. The molecule has 2 aliphatic heterocycles. The highest BCUT2D eigenvalue weighted by Crippen LogP contribution is 2.26. The largest absolute Gasteiger partial charge is 0.364 e. The van der Waals surface area contributed by atoms with Crippen LogP contribution in [0.25, 0.3) is 0 Å². The number of halogens is 1. The summed E-state index contributed by atoms with van der Waals surface area (Å²) in [7, 11) is 1.87. The summed E-state index contributed by atoms with van der Waals surface area (Å²) in [6.07, 6.45) is 12.6. The van der Waals surface area contributed by atoms with Gasteiger partial charge in [0, 0.05) is 57.5 Å². The number of benzene rings is 1. The first-order valence-corrected chi connectivity index (χ1v) is 11.0. The quantitative estimate of drug-likeness (QED) is 0.275. The zero-order valence-corrected chi connectivity index (χ0v) is 20.0. The second-order valence-corrected chi connectivity index (χ2v) is 8.36. The average molecular weight is 509 g/mol. The molecule has 1 saturated heterocycles. The highest BCUT2D eigenvalue weighted by atomic mass is 127. The van der Waals surface area contributed by atoms with E-state index in [9.17, 15) is 0 Å². The van der Waals surface area contributed by atoms with E-state index in [1.54, 1.807) is 0 Å². The zero-order chi connectivity index (χ0) is 19.2. The van der Waals surface area contributed by atoms with E-state index in [1.807, 2.05) is 7.05 Å². The molecular formula is C23H36IN5. The van der Waals surface area contributed by atoms with Crippen molar-refractivity contribution in [2.75, 3.05) is 38.1 Å². The van der Waals surface area contributed by atoms with Crippen LogP contribution in [0.2, 0.25) is 0 Å². The number of anilines is 1. The third-order valence-corrected chi connectivity index (χ3v) is 6.51. The molecular weight excluding hydrogens is 473 g/mol. The molecule has 2 heterocycles. The van der Waals surface area contributed by atoms with Gasteiger partial charge in [-0.05, 0) is 43.4 Å². The van der Waals surface area contributed by atoms with Crippen LogP contribution in [0.1, 0.15) is 44.1 Å². The minimum Gasteiger partial charge on any atom is -0.364 e. The molecule has 0 aromatic heterocycles. The van der Waals surface area contributed by atoms with Gasteiger partial charge in [0.05, 0.1) is 0 Å². The van der Waals surface area contributed by atoms with Gasteiger partial charge in [0.2, 0.25) is 0 Å². The van der Waals surface area contributed by atoms with Crippen molar-refractivity contribution in [2.24, 2.45) is 4.99 Å². The number of hydrogen-bond acceptors (Lipinski definition) is 3. The van der Waals surface area contributed by atoms with E-state index in [-0.39, 0.29) is 24.0 Å². The molecule has 1 aliphatic carbocycles. The molecule has 2 fully saturated rings. The molecule has 4 rings (SSSR count). The van der Waals surface area contributed by atoms with Gasteiger partial charge in [-0.3, -0.25) is 4.99 Å². The molecule has 3 aliphatic rings. The van der Waals surface area contributed by atoms with E-state index in [0.717, 1.165) is 31.6 Å². The maximum atomic E-state index is 4.44. The van der Waals surface area contributed by atoms with Crippen molar-refractivity contribution in [1.82, 2.24) is 15.5 Å². The van der Waals surface area contributed by atoms with E-state index in [0.29, 0.717) is 6.04 Å². The molecule has 0 bridgehead atoms. The minimum absolute atomic E-state index is 0. The number of likely N-dealkylation sites (tertiary alicyclic amines) is 1. The standard InChI is InChI=1S/C23H35N5.HI/c1-24-23(26-20-12-16-28(17-13-20)21-6-2-3-7-21)25-18-19-8-10-22(11-9-19)27-14-4-5-15-27;/h4-5,8-11,20-21H,2-3,6-7,12-18H2,1H3,(H2,24,25,26);1H. The first-order valence-electron chi connectivity index (χ1n) is 11.0. The van der Waals surface area contributed by atoms with E-state index in [1.165, 1.54) is 62.9 Å². The normalized spacial score (nSPS) is 21.4.